The van der Waals surface area contributed by atoms with Crippen molar-refractivity contribution in [1.82, 2.24) is 4.57 Å². The second kappa shape index (κ2) is 8.23. The van der Waals surface area contributed by atoms with Gasteiger partial charge in [-0.2, -0.15) is 0 Å². The first-order chi connectivity index (χ1) is 16.4. The van der Waals surface area contributed by atoms with Crippen molar-refractivity contribution >= 4 is 28.7 Å². The molecule has 34 heavy (non-hydrogen) atoms. The maximum atomic E-state index is 13.1. The molecule has 0 saturated carbocycles. The van der Waals surface area contributed by atoms with Gasteiger partial charge >= 0.3 is 5.97 Å². The highest BCUT2D eigenvalue weighted by molar-refractivity contribution is 6.15. The Morgan fingerprint density at radius 1 is 1.03 bits per heavy atom. The number of carbonyl (C=O) groups excluding carboxylic acids is 2. The number of hydrogen-bond donors (Lipinski definition) is 0. The number of aromatic nitrogens is 1. The number of allylic oxidation sites excluding steroid dienone is 1. The summed E-state index contributed by atoms with van der Waals surface area (Å²) in [4.78, 5) is 25.6. The Bertz CT molecular complexity index is 1490. The number of carbonyl (C=O) groups is 2. The maximum Gasteiger partial charge on any atom is 0.343 e. The number of aryl methyl sites for hydroxylation is 2. The van der Waals surface area contributed by atoms with Gasteiger partial charge in [-0.3, -0.25) is 4.79 Å². The molecule has 5 rings (SSSR count). The molecule has 0 N–H and O–H groups in total. The standard InChI is InChI=1S/C28H23NO5/c1-16-5-7-18(8-6-16)28(31)34-24-12-10-21-26(30)25(33-27(21)17(24)2)13-19-15-29(3)23-11-9-20(32-4)14-22(19)23/h5-15H,1-4H3/b25-13+. The van der Waals surface area contributed by atoms with E-state index in [1.807, 2.05) is 55.1 Å². The van der Waals surface area contributed by atoms with Crippen molar-refractivity contribution in [2.24, 2.45) is 7.05 Å². The lowest BCUT2D eigenvalue weighted by Crippen LogP contribution is -2.09. The van der Waals surface area contributed by atoms with E-state index >= 15 is 0 Å². The maximum absolute atomic E-state index is 13.1. The summed E-state index contributed by atoms with van der Waals surface area (Å²) >= 11 is 0. The molecule has 3 aromatic carbocycles. The van der Waals surface area contributed by atoms with Crippen LogP contribution in [0.1, 0.15) is 37.4 Å². The van der Waals surface area contributed by atoms with Gasteiger partial charge in [0.25, 0.3) is 0 Å². The number of hydrogen-bond acceptors (Lipinski definition) is 5. The lowest BCUT2D eigenvalue weighted by Gasteiger charge is -2.10. The van der Waals surface area contributed by atoms with Gasteiger partial charge in [-0.25, -0.2) is 4.79 Å². The predicted molar refractivity (Wildman–Crippen MR) is 130 cm³/mol. The van der Waals surface area contributed by atoms with Crippen molar-refractivity contribution in [3.05, 3.63) is 94.4 Å². The van der Waals surface area contributed by atoms with Gasteiger partial charge < -0.3 is 18.8 Å². The van der Waals surface area contributed by atoms with E-state index in [1.54, 1.807) is 44.4 Å². The van der Waals surface area contributed by atoms with Gasteiger partial charge in [-0.05, 0) is 62.4 Å². The third kappa shape index (κ3) is 3.63. The van der Waals surface area contributed by atoms with Crippen LogP contribution in [0.25, 0.3) is 17.0 Å². The van der Waals surface area contributed by atoms with Crippen LogP contribution in [0.2, 0.25) is 0 Å². The molecule has 1 aliphatic rings. The van der Waals surface area contributed by atoms with Crippen molar-refractivity contribution in [3.8, 4) is 17.2 Å². The van der Waals surface area contributed by atoms with Crippen LogP contribution in [0.3, 0.4) is 0 Å². The third-order valence-corrected chi connectivity index (χ3v) is 6.04. The summed E-state index contributed by atoms with van der Waals surface area (Å²) in [5, 5.41) is 0.950. The molecule has 4 aromatic rings. The molecule has 0 aliphatic carbocycles. The van der Waals surface area contributed by atoms with Gasteiger partial charge in [0, 0.05) is 35.3 Å². The number of Topliss-reactive ketones (excluding diaryl/α,β-unsaturated/α-hetero) is 1. The van der Waals surface area contributed by atoms with Crippen molar-refractivity contribution in [3.63, 3.8) is 0 Å². The number of rotatable bonds is 4. The Kier molecular flexibility index (Phi) is 5.21. The summed E-state index contributed by atoms with van der Waals surface area (Å²) in [6, 6.07) is 16.2. The van der Waals surface area contributed by atoms with E-state index in [9.17, 15) is 9.59 Å². The van der Waals surface area contributed by atoms with E-state index in [4.69, 9.17) is 14.2 Å². The second-order valence-corrected chi connectivity index (χ2v) is 8.34. The zero-order valence-electron chi connectivity index (χ0n) is 19.3. The minimum Gasteiger partial charge on any atom is -0.497 e. The second-order valence-electron chi connectivity index (χ2n) is 8.34. The summed E-state index contributed by atoms with van der Waals surface area (Å²) in [7, 11) is 3.57. The van der Waals surface area contributed by atoms with Crippen LogP contribution in [0.5, 0.6) is 17.2 Å². The largest absolute Gasteiger partial charge is 0.497 e. The topological polar surface area (TPSA) is 66.8 Å². The molecule has 0 fully saturated rings. The van der Waals surface area contributed by atoms with E-state index in [-0.39, 0.29) is 11.5 Å². The third-order valence-electron chi connectivity index (χ3n) is 6.04. The van der Waals surface area contributed by atoms with Crippen molar-refractivity contribution in [2.75, 3.05) is 7.11 Å². The number of benzene rings is 3. The fourth-order valence-corrected chi connectivity index (χ4v) is 4.11. The zero-order valence-corrected chi connectivity index (χ0v) is 19.3. The van der Waals surface area contributed by atoms with Crippen LogP contribution in [0.15, 0.2) is 66.6 Å². The first kappa shape index (κ1) is 21.5. The van der Waals surface area contributed by atoms with Crippen LogP contribution < -0.4 is 14.2 Å². The average Bonchev–Trinajstić information content (AvgIpc) is 3.32. The Balaban J connectivity index is 1.46. The van der Waals surface area contributed by atoms with Crippen molar-refractivity contribution in [2.45, 2.75) is 13.8 Å². The van der Waals surface area contributed by atoms with Gasteiger partial charge in [0.2, 0.25) is 5.78 Å². The minimum atomic E-state index is -0.465. The molecule has 170 valence electrons. The van der Waals surface area contributed by atoms with E-state index in [1.165, 1.54) is 0 Å². The summed E-state index contributed by atoms with van der Waals surface area (Å²) in [5.74, 6) is 1.03. The van der Waals surface area contributed by atoms with Crippen LogP contribution in [-0.2, 0) is 7.05 Å². The normalized spacial score (nSPS) is 13.8. The molecular formula is C28H23NO5. The Labute approximate surface area is 197 Å². The summed E-state index contributed by atoms with van der Waals surface area (Å²) in [6.07, 6.45) is 3.68. The van der Waals surface area contributed by atoms with E-state index in [0.717, 1.165) is 27.8 Å². The highest BCUT2D eigenvalue weighted by Gasteiger charge is 2.31. The molecule has 0 spiro atoms. The molecule has 0 unspecified atom stereocenters. The highest BCUT2D eigenvalue weighted by Crippen LogP contribution is 2.40. The van der Waals surface area contributed by atoms with Gasteiger partial charge in [-0.1, -0.05) is 17.7 Å². The number of methoxy groups -OCH3 is 1. The average molecular weight is 453 g/mol. The molecule has 2 heterocycles. The molecule has 1 aromatic heterocycles. The summed E-state index contributed by atoms with van der Waals surface area (Å²) < 4.78 is 18.9. The smallest absolute Gasteiger partial charge is 0.343 e. The zero-order chi connectivity index (χ0) is 24.0. The fourth-order valence-electron chi connectivity index (χ4n) is 4.11. The molecule has 1 aliphatic heterocycles. The van der Waals surface area contributed by atoms with Gasteiger partial charge in [-0.15, -0.1) is 0 Å². The van der Waals surface area contributed by atoms with Crippen molar-refractivity contribution in [1.29, 1.82) is 0 Å². The fraction of sp³-hybridized carbons (Fsp3) is 0.143. The molecule has 0 bridgehead atoms. The van der Waals surface area contributed by atoms with Crippen LogP contribution in [0.4, 0.5) is 0 Å². The number of fused-ring (bicyclic) bond motifs is 2. The van der Waals surface area contributed by atoms with Crippen LogP contribution in [0, 0.1) is 13.8 Å². The molecule has 0 atom stereocenters. The highest BCUT2D eigenvalue weighted by atomic mass is 16.5. The SMILES string of the molecule is COc1ccc2c(c1)c(/C=C1/Oc3c(ccc(OC(=O)c4ccc(C)cc4)c3C)C1=O)cn2C. The Hall–Kier alpha value is -4.32. The first-order valence-corrected chi connectivity index (χ1v) is 10.9. The quantitative estimate of drug-likeness (QED) is 0.227. The minimum absolute atomic E-state index is 0.214. The molecule has 6 heteroatoms. The number of ketones is 1. The van der Waals surface area contributed by atoms with E-state index in [0.29, 0.717) is 28.2 Å². The van der Waals surface area contributed by atoms with Gasteiger partial charge in [0.05, 0.1) is 18.2 Å². The molecular weight excluding hydrogens is 430 g/mol. The van der Waals surface area contributed by atoms with E-state index < -0.39 is 5.97 Å². The predicted octanol–water partition coefficient (Wildman–Crippen LogP) is 5.64. The summed E-state index contributed by atoms with van der Waals surface area (Å²) in [5.41, 5.74) is 4.40. The Morgan fingerprint density at radius 3 is 2.53 bits per heavy atom. The number of esters is 1. The van der Waals surface area contributed by atoms with Crippen molar-refractivity contribution < 1.29 is 23.8 Å². The van der Waals surface area contributed by atoms with E-state index in [2.05, 4.69) is 0 Å². The van der Waals surface area contributed by atoms with Crippen LogP contribution in [-0.4, -0.2) is 23.4 Å². The number of ether oxygens (including phenoxy) is 3. The van der Waals surface area contributed by atoms with Crippen LogP contribution >= 0.6 is 0 Å². The Morgan fingerprint density at radius 2 is 1.79 bits per heavy atom. The molecule has 6 nitrogen and oxygen atoms in total. The molecule has 0 radical (unpaired) electrons. The lowest BCUT2D eigenvalue weighted by molar-refractivity contribution is 0.0733. The first-order valence-electron chi connectivity index (χ1n) is 10.9. The lowest BCUT2D eigenvalue weighted by atomic mass is 10.1. The monoisotopic (exact) mass is 453 g/mol. The molecule has 0 saturated heterocycles. The number of nitrogens with zero attached hydrogens (tertiary/aromatic N) is 1. The van der Waals surface area contributed by atoms with Gasteiger partial charge in [0.1, 0.15) is 17.2 Å². The summed E-state index contributed by atoms with van der Waals surface area (Å²) in [6.45, 7) is 3.73. The van der Waals surface area contributed by atoms with Gasteiger partial charge in [0.15, 0.2) is 5.76 Å². The molecule has 0 amide bonds.